The molecule has 0 bridgehead atoms. The molecule has 0 aromatic heterocycles. The first-order valence-corrected chi connectivity index (χ1v) is 12.0. The molecule has 5 rings (SSSR count). The highest BCUT2D eigenvalue weighted by Gasteiger charge is 2.49. The fraction of sp³-hybridized carbons (Fsp3) is 0.462. The molecular formula is C26H26F3NO8. The zero-order valence-electron chi connectivity index (χ0n) is 20.7. The topological polar surface area (TPSA) is 92.8 Å². The summed E-state index contributed by atoms with van der Waals surface area (Å²) < 4.78 is 72.4. The molecule has 0 radical (unpaired) electrons. The van der Waals surface area contributed by atoms with Crippen molar-refractivity contribution in [1.82, 2.24) is 4.90 Å². The van der Waals surface area contributed by atoms with Crippen LogP contribution in [0.3, 0.4) is 0 Å². The molecule has 3 aliphatic rings. The highest BCUT2D eigenvalue weighted by Crippen LogP contribution is 2.49. The van der Waals surface area contributed by atoms with Crippen molar-refractivity contribution in [3.05, 3.63) is 47.5 Å². The molecule has 1 atom stereocenters. The Kier molecular flexibility index (Phi) is 6.76. The summed E-state index contributed by atoms with van der Waals surface area (Å²) in [4.78, 5) is 25.2. The molecule has 0 spiro atoms. The molecule has 0 aliphatic carbocycles. The maximum atomic E-state index is 13.2. The first-order valence-electron chi connectivity index (χ1n) is 12.0. The molecule has 0 N–H and O–H groups in total. The van der Waals surface area contributed by atoms with Gasteiger partial charge in [0.2, 0.25) is 13.6 Å². The monoisotopic (exact) mass is 537 g/mol. The Labute approximate surface area is 216 Å². The maximum absolute atomic E-state index is 13.2. The maximum Gasteiger partial charge on any atom is 0.432 e. The number of likely N-dealkylation sites (tertiary alicyclic amines) is 1. The minimum atomic E-state index is -4.98. The van der Waals surface area contributed by atoms with Crippen molar-refractivity contribution in [2.24, 2.45) is 5.92 Å². The molecule has 9 nitrogen and oxygen atoms in total. The molecule has 3 aliphatic heterocycles. The molecule has 0 saturated carbocycles. The Balaban J connectivity index is 1.43. The zero-order valence-corrected chi connectivity index (χ0v) is 20.7. The van der Waals surface area contributed by atoms with Gasteiger partial charge < -0.3 is 33.3 Å². The number of nitrogens with zero attached hydrogens (tertiary/aromatic N) is 1. The first kappa shape index (κ1) is 26.0. The third-order valence-corrected chi connectivity index (χ3v) is 7.14. The van der Waals surface area contributed by atoms with Crippen LogP contribution in [0.2, 0.25) is 0 Å². The van der Waals surface area contributed by atoms with Crippen molar-refractivity contribution in [3.63, 3.8) is 0 Å². The van der Waals surface area contributed by atoms with E-state index in [1.807, 2.05) is 24.3 Å². The first-order chi connectivity index (χ1) is 18.1. The van der Waals surface area contributed by atoms with Crippen molar-refractivity contribution in [3.8, 4) is 23.0 Å². The third-order valence-electron chi connectivity index (χ3n) is 7.14. The van der Waals surface area contributed by atoms with Gasteiger partial charge in [-0.25, -0.2) is 4.79 Å². The number of benzene rings is 2. The smallest absolute Gasteiger partial charge is 0.432 e. The second-order valence-corrected chi connectivity index (χ2v) is 9.25. The molecule has 2 aromatic rings. The van der Waals surface area contributed by atoms with Gasteiger partial charge in [-0.05, 0) is 61.1 Å². The van der Waals surface area contributed by atoms with Crippen LogP contribution in [0.5, 0.6) is 23.0 Å². The number of ether oxygens (including phenoxy) is 6. The van der Waals surface area contributed by atoms with Crippen molar-refractivity contribution < 1.29 is 51.2 Å². The Morgan fingerprint density at radius 2 is 1.39 bits per heavy atom. The highest BCUT2D eigenvalue weighted by atomic mass is 19.4. The van der Waals surface area contributed by atoms with Gasteiger partial charge in [-0.3, -0.25) is 4.79 Å². The number of rotatable bonds is 6. The number of amides is 1. The van der Waals surface area contributed by atoms with Gasteiger partial charge >= 0.3 is 12.3 Å². The van der Waals surface area contributed by atoms with Crippen LogP contribution in [0, 0.1) is 5.92 Å². The van der Waals surface area contributed by atoms with Crippen LogP contribution < -0.4 is 18.9 Å². The fourth-order valence-corrected chi connectivity index (χ4v) is 5.32. The predicted molar refractivity (Wildman–Crippen MR) is 124 cm³/mol. The van der Waals surface area contributed by atoms with Crippen molar-refractivity contribution >= 4 is 11.9 Å². The van der Waals surface area contributed by atoms with E-state index >= 15 is 0 Å². The minimum Gasteiger partial charge on any atom is -0.454 e. The van der Waals surface area contributed by atoms with E-state index in [0.717, 1.165) is 18.1 Å². The van der Waals surface area contributed by atoms with Gasteiger partial charge in [0, 0.05) is 20.2 Å². The number of halogens is 3. The Morgan fingerprint density at radius 1 is 0.895 bits per heavy atom. The van der Waals surface area contributed by atoms with E-state index in [1.165, 1.54) is 4.90 Å². The van der Waals surface area contributed by atoms with Gasteiger partial charge in [-0.2, -0.15) is 13.2 Å². The molecule has 1 fully saturated rings. The normalized spacial score (nSPS) is 17.9. The summed E-state index contributed by atoms with van der Waals surface area (Å²) in [6, 6.07) is 11.0. The lowest BCUT2D eigenvalue weighted by molar-refractivity contribution is -0.204. The SMILES string of the molecule is COC(c1ccc2c(c1)OCO2)(c1ccc2c(c1)OCO2)C1CCN(C(=O)OC(C(C)=O)C(F)(F)F)CC1. The average molecular weight is 537 g/mol. The van der Waals surface area contributed by atoms with Crippen molar-refractivity contribution in [2.45, 2.75) is 37.6 Å². The minimum absolute atomic E-state index is 0.0997. The second-order valence-electron chi connectivity index (χ2n) is 9.25. The van der Waals surface area contributed by atoms with E-state index in [-0.39, 0.29) is 32.6 Å². The zero-order chi connectivity index (χ0) is 27.1. The quantitative estimate of drug-likeness (QED) is 0.536. The Bertz CT molecular complexity index is 1170. The molecule has 38 heavy (non-hydrogen) atoms. The highest BCUT2D eigenvalue weighted by molar-refractivity contribution is 5.84. The number of carbonyl (C=O) groups excluding carboxylic acids is 2. The predicted octanol–water partition coefficient (Wildman–Crippen LogP) is 4.40. The van der Waals surface area contributed by atoms with Crippen LogP contribution in [-0.4, -0.2) is 62.8 Å². The van der Waals surface area contributed by atoms with Gasteiger partial charge in [-0.15, -0.1) is 0 Å². The summed E-state index contributed by atoms with van der Waals surface area (Å²) in [7, 11) is 1.58. The van der Waals surface area contributed by atoms with Crippen molar-refractivity contribution in [1.29, 1.82) is 0 Å². The van der Waals surface area contributed by atoms with Crippen LogP contribution in [0.15, 0.2) is 36.4 Å². The van der Waals surface area contributed by atoms with Gasteiger partial charge in [0.15, 0.2) is 28.8 Å². The van der Waals surface area contributed by atoms with Crippen molar-refractivity contribution in [2.75, 3.05) is 33.8 Å². The molecule has 1 unspecified atom stereocenters. The van der Waals surface area contributed by atoms with Gasteiger partial charge in [0.25, 0.3) is 6.10 Å². The third kappa shape index (κ3) is 4.57. The van der Waals surface area contributed by atoms with Crippen LogP contribution in [0.1, 0.15) is 30.9 Å². The summed E-state index contributed by atoms with van der Waals surface area (Å²) in [5, 5.41) is 0. The summed E-state index contributed by atoms with van der Waals surface area (Å²) >= 11 is 0. The summed E-state index contributed by atoms with van der Waals surface area (Å²) in [6.07, 6.45) is -8.21. The number of fused-ring (bicyclic) bond motifs is 2. The summed E-state index contributed by atoms with van der Waals surface area (Å²) in [5.41, 5.74) is 0.530. The molecule has 3 heterocycles. The van der Waals surface area contributed by atoms with Crippen LogP contribution in [0.25, 0.3) is 0 Å². The lowest BCUT2D eigenvalue weighted by Crippen LogP contribution is -2.49. The molecule has 1 amide bonds. The number of Topliss-reactive ketones (excluding diaryl/α,β-unsaturated/α-hetero) is 1. The Morgan fingerprint density at radius 3 is 1.84 bits per heavy atom. The molecule has 204 valence electrons. The number of methoxy groups -OCH3 is 1. The average Bonchev–Trinajstić information content (AvgIpc) is 3.56. The fourth-order valence-electron chi connectivity index (χ4n) is 5.32. The Hall–Kier alpha value is -3.67. The molecule has 1 saturated heterocycles. The number of hydrogen-bond acceptors (Lipinski definition) is 8. The van der Waals surface area contributed by atoms with E-state index in [4.69, 9.17) is 23.7 Å². The molecular weight excluding hydrogens is 511 g/mol. The number of hydrogen-bond donors (Lipinski definition) is 0. The number of carbonyl (C=O) groups is 2. The van der Waals surface area contributed by atoms with Gasteiger partial charge in [-0.1, -0.05) is 12.1 Å². The van der Waals surface area contributed by atoms with Gasteiger partial charge in [0.05, 0.1) is 0 Å². The van der Waals surface area contributed by atoms with Crippen LogP contribution in [-0.2, 0) is 19.9 Å². The lowest BCUT2D eigenvalue weighted by Gasteiger charge is -2.44. The van der Waals surface area contributed by atoms with E-state index in [2.05, 4.69) is 4.74 Å². The molecule has 2 aromatic carbocycles. The van der Waals surface area contributed by atoms with Crippen LogP contribution in [0.4, 0.5) is 18.0 Å². The standard InChI is InChI=1S/C26H26F3NO8/c1-15(31)23(26(27,28)29)38-24(32)30-9-7-16(8-10-30)25(33-2,17-3-5-19-21(11-17)36-13-34-19)18-4-6-20-22(12-18)37-14-35-20/h3-6,11-12,16,23H,7-10,13-14H2,1-2H3. The summed E-state index contributed by atoms with van der Waals surface area (Å²) in [6.45, 7) is 1.14. The van der Waals surface area contributed by atoms with Crippen LogP contribution >= 0.6 is 0 Å². The van der Waals surface area contributed by atoms with E-state index < -0.39 is 29.8 Å². The van der Waals surface area contributed by atoms with E-state index in [0.29, 0.717) is 35.8 Å². The number of ketones is 1. The van der Waals surface area contributed by atoms with Gasteiger partial charge in [0.1, 0.15) is 5.60 Å². The van der Waals surface area contributed by atoms with E-state index in [9.17, 15) is 22.8 Å². The second kappa shape index (κ2) is 9.90. The number of piperidine rings is 1. The summed E-state index contributed by atoms with van der Waals surface area (Å²) in [5.74, 6) is 0.841. The lowest BCUT2D eigenvalue weighted by atomic mass is 9.71. The molecule has 12 heteroatoms. The van der Waals surface area contributed by atoms with E-state index in [1.54, 1.807) is 19.2 Å². The largest absolute Gasteiger partial charge is 0.454 e. The number of alkyl halides is 3.